The van der Waals surface area contributed by atoms with E-state index in [1.807, 2.05) is 0 Å². The van der Waals surface area contributed by atoms with Crippen molar-refractivity contribution in [3.63, 3.8) is 0 Å². The van der Waals surface area contributed by atoms with Crippen molar-refractivity contribution in [3.8, 4) is 0 Å². The van der Waals surface area contributed by atoms with Crippen molar-refractivity contribution >= 4 is 5.69 Å². The Balaban J connectivity index is 1.70. The Hall–Kier alpha value is -1.06. The maximum atomic E-state index is 3.53. The molecule has 0 atom stereocenters. The van der Waals surface area contributed by atoms with Crippen LogP contribution in [0.1, 0.15) is 18.4 Å². The molecule has 1 aromatic carbocycles. The van der Waals surface area contributed by atoms with Gasteiger partial charge in [0, 0.05) is 39.4 Å². The predicted octanol–water partition coefficient (Wildman–Crippen LogP) is 1.94. The average Bonchev–Trinajstić information content (AvgIpc) is 2.88. The molecule has 0 aromatic heterocycles. The monoisotopic (exact) mass is 247 g/mol. The van der Waals surface area contributed by atoms with Crippen LogP contribution in [0, 0.1) is 0 Å². The van der Waals surface area contributed by atoms with E-state index in [1.165, 1.54) is 43.7 Å². The van der Waals surface area contributed by atoms with Gasteiger partial charge >= 0.3 is 0 Å². The quantitative estimate of drug-likeness (QED) is 0.775. The molecular formula is C15H25N3. The fraction of sp³-hybridized carbons (Fsp3) is 0.600. The maximum absolute atomic E-state index is 3.53. The van der Waals surface area contributed by atoms with Gasteiger partial charge in [-0.2, -0.15) is 0 Å². The van der Waals surface area contributed by atoms with Crippen molar-refractivity contribution in [1.82, 2.24) is 10.2 Å². The van der Waals surface area contributed by atoms with Crippen molar-refractivity contribution in [2.24, 2.45) is 0 Å². The Labute approximate surface area is 111 Å². The van der Waals surface area contributed by atoms with Crippen molar-refractivity contribution in [2.75, 3.05) is 45.2 Å². The number of anilines is 1. The molecule has 0 radical (unpaired) electrons. The minimum absolute atomic E-state index is 0.968. The highest BCUT2D eigenvalue weighted by Crippen LogP contribution is 2.13. The lowest BCUT2D eigenvalue weighted by atomic mass is 10.2. The third kappa shape index (κ3) is 4.00. The van der Waals surface area contributed by atoms with Crippen LogP contribution in [0.3, 0.4) is 0 Å². The molecule has 1 heterocycles. The van der Waals surface area contributed by atoms with E-state index in [2.05, 4.69) is 53.5 Å². The number of likely N-dealkylation sites (tertiary alicyclic amines) is 1. The van der Waals surface area contributed by atoms with Gasteiger partial charge < -0.3 is 15.1 Å². The zero-order valence-electron chi connectivity index (χ0n) is 11.7. The number of nitrogens with zero attached hydrogens (tertiary/aromatic N) is 2. The first-order valence-corrected chi connectivity index (χ1v) is 6.95. The molecule has 1 fully saturated rings. The van der Waals surface area contributed by atoms with Crippen molar-refractivity contribution in [2.45, 2.75) is 19.4 Å². The summed E-state index contributed by atoms with van der Waals surface area (Å²) in [6, 6.07) is 8.72. The van der Waals surface area contributed by atoms with E-state index in [9.17, 15) is 0 Å². The molecule has 0 bridgehead atoms. The summed E-state index contributed by atoms with van der Waals surface area (Å²) in [5.41, 5.74) is 2.64. The maximum Gasteiger partial charge on any atom is 0.0364 e. The van der Waals surface area contributed by atoms with Crippen LogP contribution in [-0.4, -0.2) is 45.2 Å². The molecule has 0 aliphatic carbocycles. The smallest absolute Gasteiger partial charge is 0.0364 e. The molecule has 2 rings (SSSR count). The van der Waals surface area contributed by atoms with Crippen LogP contribution in [0.15, 0.2) is 24.3 Å². The number of hydrogen-bond acceptors (Lipinski definition) is 3. The fourth-order valence-corrected chi connectivity index (χ4v) is 2.42. The van der Waals surface area contributed by atoms with Crippen LogP contribution in [0.5, 0.6) is 0 Å². The van der Waals surface area contributed by atoms with E-state index in [0.29, 0.717) is 0 Å². The minimum atomic E-state index is 0.968. The second-order valence-corrected chi connectivity index (χ2v) is 5.29. The van der Waals surface area contributed by atoms with Gasteiger partial charge in [-0.25, -0.2) is 0 Å². The van der Waals surface area contributed by atoms with E-state index in [0.717, 1.165) is 13.1 Å². The highest BCUT2D eigenvalue weighted by atomic mass is 15.1. The molecule has 3 heteroatoms. The molecule has 0 spiro atoms. The predicted molar refractivity (Wildman–Crippen MR) is 78.1 cm³/mol. The van der Waals surface area contributed by atoms with Gasteiger partial charge in [-0.3, -0.25) is 0 Å². The van der Waals surface area contributed by atoms with Crippen molar-refractivity contribution in [1.29, 1.82) is 0 Å². The summed E-state index contributed by atoms with van der Waals surface area (Å²) in [5, 5.41) is 3.53. The summed E-state index contributed by atoms with van der Waals surface area (Å²) in [6.07, 6.45) is 2.76. The molecular weight excluding hydrogens is 222 g/mol. The van der Waals surface area contributed by atoms with Crippen molar-refractivity contribution < 1.29 is 0 Å². The van der Waals surface area contributed by atoms with Gasteiger partial charge in [-0.15, -0.1) is 0 Å². The first-order chi connectivity index (χ1) is 8.75. The molecule has 0 unspecified atom stereocenters. The highest BCUT2D eigenvalue weighted by Gasteiger charge is 2.09. The standard InChI is InChI=1S/C15H25N3/c1-17(2)15-7-5-6-14(12-15)13-16-8-11-18-9-3-4-10-18/h5-7,12,16H,3-4,8-11,13H2,1-2H3. The van der Waals surface area contributed by atoms with Crippen molar-refractivity contribution in [3.05, 3.63) is 29.8 Å². The summed E-state index contributed by atoms with van der Waals surface area (Å²) in [4.78, 5) is 4.69. The topological polar surface area (TPSA) is 18.5 Å². The Bertz CT molecular complexity index is 357. The van der Waals surface area contributed by atoms with Gasteiger partial charge in [-0.1, -0.05) is 12.1 Å². The summed E-state index contributed by atoms with van der Waals surface area (Å²) in [6.45, 7) is 5.82. The van der Waals surface area contributed by atoms with Gasteiger partial charge in [0.1, 0.15) is 0 Å². The van der Waals surface area contributed by atoms with E-state index in [-0.39, 0.29) is 0 Å². The SMILES string of the molecule is CN(C)c1cccc(CNCCN2CCCC2)c1. The summed E-state index contributed by atoms with van der Waals surface area (Å²) < 4.78 is 0. The second-order valence-electron chi connectivity index (χ2n) is 5.29. The molecule has 0 amide bonds. The van der Waals surface area contributed by atoms with E-state index in [1.54, 1.807) is 0 Å². The number of nitrogens with one attached hydrogen (secondary N) is 1. The lowest BCUT2D eigenvalue weighted by Gasteiger charge is -2.16. The van der Waals surface area contributed by atoms with Gasteiger partial charge in [0.05, 0.1) is 0 Å². The van der Waals surface area contributed by atoms with Crippen LogP contribution in [0.25, 0.3) is 0 Å². The van der Waals surface area contributed by atoms with Crippen LogP contribution in [0.4, 0.5) is 5.69 Å². The Morgan fingerprint density at radius 2 is 2.00 bits per heavy atom. The molecule has 1 saturated heterocycles. The van der Waals surface area contributed by atoms with E-state index < -0.39 is 0 Å². The first kappa shape index (κ1) is 13.4. The number of hydrogen-bond donors (Lipinski definition) is 1. The van der Waals surface area contributed by atoms with Crippen LogP contribution < -0.4 is 10.2 Å². The molecule has 100 valence electrons. The van der Waals surface area contributed by atoms with Gasteiger partial charge in [0.25, 0.3) is 0 Å². The molecule has 1 aliphatic heterocycles. The average molecular weight is 247 g/mol. The van der Waals surface area contributed by atoms with Gasteiger partial charge in [0.2, 0.25) is 0 Å². The lowest BCUT2D eigenvalue weighted by molar-refractivity contribution is 0.335. The van der Waals surface area contributed by atoms with Gasteiger partial charge in [-0.05, 0) is 43.6 Å². The summed E-state index contributed by atoms with van der Waals surface area (Å²) in [7, 11) is 4.17. The minimum Gasteiger partial charge on any atom is -0.378 e. The largest absolute Gasteiger partial charge is 0.378 e. The summed E-state index contributed by atoms with van der Waals surface area (Å²) >= 11 is 0. The Morgan fingerprint density at radius 1 is 1.22 bits per heavy atom. The molecule has 0 saturated carbocycles. The van der Waals surface area contributed by atoms with E-state index >= 15 is 0 Å². The van der Waals surface area contributed by atoms with Crippen LogP contribution in [0.2, 0.25) is 0 Å². The Kier molecular flexibility index (Phi) is 5.02. The fourth-order valence-electron chi connectivity index (χ4n) is 2.42. The number of benzene rings is 1. The lowest BCUT2D eigenvalue weighted by Crippen LogP contribution is -2.29. The zero-order valence-corrected chi connectivity index (χ0v) is 11.7. The highest BCUT2D eigenvalue weighted by molar-refractivity contribution is 5.47. The third-order valence-electron chi connectivity index (χ3n) is 3.56. The Morgan fingerprint density at radius 3 is 2.72 bits per heavy atom. The van der Waals surface area contributed by atoms with Gasteiger partial charge in [0.15, 0.2) is 0 Å². The summed E-state index contributed by atoms with van der Waals surface area (Å²) in [5.74, 6) is 0. The first-order valence-electron chi connectivity index (χ1n) is 6.95. The normalized spacial score (nSPS) is 16.1. The molecule has 1 aliphatic rings. The molecule has 3 nitrogen and oxygen atoms in total. The molecule has 1 aromatic rings. The second kappa shape index (κ2) is 6.76. The van der Waals surface area contributed by atoms with Crippen LogP contribution in [-0.2, 0) is 6.54 Å². The molecule has 18 heavy (non-hydrogen) atoms. The molecule has 1 N–H and O–H groups in total. The van der Waals surface area contributed by atoms with E-state index in [4.69, 9.17) is 0 Å². The zero-order chi connectivity index (χ0) is 12.8. The van der Waals surface area contributed by atoms with Crippen LogP contribution >= 0.6 is 0 Å². The third-order valence-corrected chi connectivity index (χ3v) is 3.56. The number of rotatable bonds is 6.